The second-order valence-corrected chi connectivity index (χ2v) is 10.5. The highest BCUT2D eigenvalue weighted by atomic mass is 16.3. The number of rotatable bonds is 1. The van der Waals surface area contributed by atoms with Crippen molar-refractivity contribution in [3.8, 4) is 0 Å². The van der Waals surface area contributed by atoms with Crippen molar-refractivity contribution < 1.29 is 15.0 Å². The second-order valence-electron chi connectivity index (χ2n) is 10.5. The summed E-state index contributed by atoms with van der Waals surface area (Å²) in [6.07, 6.45) is 8.53. The Hall–Kier alpha value is -0.410. The summed E-state index contributed by atoms with van der Waals surface area (Å²) in [5.74, 6) is 2.53. The zero-order valence-corrected chi connectivity index (χ0v) is 16.4. The Bertz CT molecular complexity index is 574. The molecular weight excluding hydrogens is 312 g/mol. The van der Waals surface area contributed by atoms with Gasteiger partial charge in [-0.2, -0.15) is 0 Å². The van der Waals surface area contributed by atoms with E-state index in [9.17, 15) is 15.0 Å². The van der Waals surface area contributed by atoms with Gasteiger partial charge in [-0.3, -0.25) is 4.79 Å². The Balaban J connectivity index is 1.67. The van der Waals surface area contributed by atoms with Crippen LogP contribution < -0.4 is 0 Å². The third kappa shape index (κ3) is 2.15. The van der Waals surface area contributed by atoms with Gasteiger partial charge in [0, 0.05) is 5.41 Å². The fraction of sp³-hybridized carbons (Fsp3) is 0.955. The lowest BCUT2D eigenvalue weighted by Crippen LogP contribution is -2.59. The molecule has 4 saturated carbocycles. The quantitative estimate of drug-likeness (QED) is 0.754. The lowest BCUT2D eigenvalue weighted by atomic mass is 9.44. The number of aliphatic hydroxyl groups is 2. The molecule has 0 saturated heterocycles. The molecule has 4 aliphatic rings. The molecule has 0 bridgehead atoms. The number of ketones is 1. The first kappa shape index (κ1) is 18.0. The average Bonchev–Trinajstić information content (AvgIpc) is 2.77. The number of hydrogen-bond acceptors (Lipinski definition) is 3. The Morgan fingerprint density at radius 3 is 2.40 bits per heavy atom. The molecule has 3 nitrogen and oxygen atoms in total. The molecule has 0 unspecified atom stereocenters. The molecule has 2 N–H and O–H groups in total. The van der Waals surface area contributed by atoms with Crippen LogP contribution in [0.15, 0.2) is 0 Å². The highest BCUT2D eigenvalue weighted by Gasteiger charge is 2.68. The molecule has 4 aliphatic carbocycles. The molecule has 142 valence electrons. The minimum absolute atomic E-state index is 0.0239. The third-order valence-electron chi connectivity index (χ3n) is 9.76. The molecule has 0 aliphatic heterocycles. The van der Waals surface area contributed by atoms with E-state index in [0.29, 0.717) is 29.1 Å². The lowest BCUT2D eigenvalue weighted by molar-refractivity contribution is -0.175. The van der Waals surface area contributed by atoms with Crippen molar-refractivity contribution in [2.75, 3.05) is 0 Å². The van der Waals surface area contributed by atoms with Crippen LogP contribution in [0.1, 0.15) is 79.1 Å². The summed E-state index contributed by atoms with van der Waals surface area (Å²) in [6.45, 7) is 8.37. The third-order valence-corrected chi connectivity index (χ3v) is 9.76. The summed E-state index contributed by atoms with van der Waals surface area (Å²) in [6, 6.07) is 0. The van der Waals surface area contributed by atoms with Gasteiger partial charge in [-0.15, -0.1) is 0 Å². The van der Waals surface area contributed by atoms with Crippen molar-refractivity contribution in [3.05, 3.63) is 0 Å². The van der Waals surface area contributed by atoms with Crippen LogP contribution >= 0.6 is 0 Å². The van der Waals surface area contributed by atoms with Crippen LogP contribution in [0.2, 0.25) is 0 Å². The van der Waals surface area contributed by atoms with Crippen molar-refractivity contribution in [1.29, 1.82) is 0 Å². The summed E-state index contributed by atoms with van der Waals surface area (Å²) in [4.78, 5) is 12.4. The molecule has 0 aromatic carbocycles. The number of aliphatic hydroxyl groups excluding tert-OH is 1. The molecule has 3 heteroatoms. The maximum absolute atomic E-state index is 12.4. The fourth-order valence-electron chi connectivity index (χ4n) is 8.33. The van der Waals surface area contributed by atoms with E-state index in [1.54, 1.807) is 6.92 Å². The average molecular weight is 349 g/mol. The highest BCUT2D eigenvalue weighted by molar-refractivity contribution is 5.86. The zero-order chi connectivity index (χ0) is 18.2. The second kappa shape index (κ2) is 5.55. The standard InChI is InChI=1S/C22H36O3/c1-13-11-19-17-6-5-15-12-16(24)7-9-20(15,3)18(17)8-10-21(19,4)22(13,25)14(2)23/h13,15-19,24-25H,5-12H2,1-4H3/t13-,15+,16+,17+,18+,19+,20-,21-,22+/m0/s1. The summed E-state index contributed by atoms with van der Waals surface area (Å²) in [5.41, 5.74) is -1.04. The van der Waals surface area contributed by atoms with E-state index in [4.69, 9.17) is 0 Å². The number of fused-ring (bicyclic) bond motifs is 5. The first-order valence-electron chi connectivity index (χ1n) is 10.6. The van der Waals surface area contributed by atoms with Gasteiger partial charge in [-0.1, -0.05) is 20.8 Å². The molecule has 0 heterocycles. The predicted molar refractivity (Wildman–Crippen MR) is 97.9 cm³/mol. The maximum atomic E-state index is 12.4. The van der Waals surface area contributed by atoms with Gasteiger partial charge in [0.05, 0.1) is 6.10 Å². The highest BCUT2D eigenvalue weighted by Crippen LogP contribution is 2.69. The number of carbonyl (C=O) groups excluding carboxylic acids is 1. The Kier molecular flexibility index (Phi) is 3.99. The summed E-state index contributed by atoms with van der Waals surface area (Å²) in [7, 11) is 0. The number of Topliss-reactive ketones (excluding diaryl/α,β-unsaturated/α-hetero) is 1. The monoisotopic (exact) mass is 348 g/mol. The molecule has 4 fully saturated rings. The van der Waals surface area contributed by atoms with E-state index < -0.39 is 5.60 Å². The van der Waals surface area contributed by atoms with Crippen molar-refractivity contribution in [3.63, 3.8) is 0 Å². The van der Waals surface area contributed by atoms with Crippen molar-refractivity contribution in [2.24, 2.45) is 40.4 Å². The van der Waals surface area contributed by atoms with Crippen LogP contribution in [0.5, 0.6) is 0 Å². The van der Waals surface area contributed by atoms with Crippen LogP contribution in [0.25, 0.3) is 0 Å². The normalized spacial score (nSPS) is 58.2. The molecule has 0 aromatic rings. The molecule has 4 rings (SSSR count). The molecular formula is C22H36O3. The molecule has 25 heavy (non-hydrogen) atoms. The molecule has 9 atom stereocenters. The smallest absolute Gasteiger partial charge is 0.162 e. The number of carbonyl (C=O) groups is 1. The van der Waals surface area contributed by atoms with Crippen LogP contribution in [-0.2, 0) is 4.79 Å². The predicted octanol–water partition coefficient (Wildman–Crippen LogP) is 3.96. The van der Waals surface area contributed by atoms with Crippen LogP contribution in [0.3, 0.4) is 0 Å². The van der Waals surface area contributed by atoms with Crippen molar-refractivity contribution in [1.82, 2.24) is 0 Å². The zero-order valence-electron chi connectivity index (χ0n) is 16.4. The minimum atomic E-state index is -1.14. The van der Waals surface area contributed by atoms with E-state index in [-0.39, 0.29) is 23.2 Å². The van der Waals surface area contributed by atoms with Crippen LogP contribution in [-0.4, -0.2) is 27.7 Å². The van der Waals surface area contributed by atoms with Crippen molar-refractivity contribution >= 4 is 5.78 Å². The van der Waals surface area contributed by atoms with Gasteiger partial charge in [-0.25, -0.2) is 0 Å². The molecule has 0 radical (unpaired) electrons. The first-order valence-corrected chi connectivity index (χ1v) is 10.6. The summed E-state index contributed by atoms with van der Waals surface area (Å²) in [5, 5.41) is 21.6. The van der Waals surface area contributed by atoms with Gasteiger partial charge in [0.15, 0.2) is 5.78 Å². The molecule has 0 amide bonds. The largest absolute Gasteiger partial charge is 0.393 e. The molecule has 0 spiro atoms. The van der Waals surface area contributed by atoms with Crippen LogP contribution in [0.4, 0.5) is 0 Å². The van der Waals surface area contributed by atoms with E-state index in [1.807, 2.05) is 0 Å². The van der Waals surface area contributed by atoms with Gasteiger partial charge in [0.2, 0.25) is 0 Å². The Morgan fingerprint density at radius 1 is 1.00 bits per heavy atom. The minimum Gasteiger partial charge on any atom is -0.393 e. The Labute approximate surface area is 152 Å². The summed E-state index contributed by atoms with van der Waals surface area (Å²) >= 11 is 0. The van der Waals surface area contributed by atoms with Gasteiger partial charge < -0.3 is 10.2 Å². The molecule has 0 aromatic heterocycles. The first-order chi connectivity index (χ1) is 11.6. The van der Waals surface area contributed by atoms with E-state index in [0.717, 1.165) is 38.5 Å². The fourth-order valence-corrected chi connectivity index (χ4v) is 8.33. The van der Waals surface area contributed by atoms with E-state index >= 15 is 0 Å². The topological polar surface area (TPSA) is 57.5 Å². The summed E-state index contributed by atoms with van der Waals surface area (Å²) < 4.78 is 0. The maximum Gasteiger partial charge on any atom is 0.162 e. The van der Waals surface area contributed by atoms with E-state index in [2.05, 4.69) is 20.8 Å². The van der Waals surface area contributed by atoms with Crippen LogP contribution in [0, 0.1) is 40.4 Å². The van der Waals surface area contributed by atoms with Gasteiger partial charge >= 0.3 is 0 Å². The van der Waals surface area contributed by atoms with Gasteiger partial charge in [0.25, 0.3) is 0 Å². The Morgan fingerprint density at radius 2 is 1.72 bits per heavy atom. The van der Waals surface area contributed by atoms with E-state index in [1.165, 1.54) is 12.8 Å². The number of hydrogen-bond donors (Lipinski definition) is 2. The lowest BCUT2D eigenvalue weighted by Gasteiger charge is -2.61. The van der Waals surface area contributed by atoms with Gasteiger partial charge in [-0.05, 0) is 93.3 Å². The SMILES string of the molecule is CC(=O)[C@]1(O)[C@@H](C)C[C@@H]2[C@@H]3CC[C@@H]4C[C@H](O)CC[C@]4(C)[C@@H]3CC[C@@]21C. The van der Waals surface area contributed by atoms with Crippen molar-refractivity contribution in [2.45, 2.75) is 90.8 Å². The van der Waals surface area contributed by atoms with Gasteiger partial charge in [0.1, 0.15) is 5.60 Å².